The van der Waals surface area contributed by atoms with Crippen LogP contribution in [0.4, 0.5) is 4.39 Å². The Bertz CT molecular complexity index is 428. The summed E-state index contributed by atoms with van der Waals surface area (Å²) in [6.45, 7) is 6.00. The number of methoxy groups -OCH3 is 1. The minimum atomic E-state index is -0.578. The van der Waals surface area contributed by atoms with Crippen LogP contribution in [0.5, 0.6) is 5.75 Å². The lowest BCUT2D eigenvalue weighted by atomic mass is 9.83. The van der Waals surface area contributed by atoms with E-state index in [0.717, 1.165) is 5.56 Å². The third kappa shape index (κ3) is 2.49. The predicted molar refractivity (Wildman–Crippen MR) is 68.0 cm³/mol. The van der Waals surface area contributed by atoms with Gasteiger partial charge in [0.25, 0.3) is 0 Å². The molecular weight excluding hydrogens is 233 g/mol. The highest BCUT2D eigenvalue weighted by Crippen LogP contribution is 2.30. The Hall–Kier alpha value is -1.13. The molecule has 4 heteroatoms. The normalized spacial score (nSPS) is 18.8. The van der Waals surface area contributed by atoms with Crippen LogP contribution in [0.2, 0.25) is 0 Å². The standard InChI is InChI=1S/C14H20FNO2/c1-10(2)14(17)8-16(9-14)7-11-4-5-13(18-3)12(15)6-11/h4-6,10,17H,7-9H2,1-3H3. The third-order valence-electron chi connectivity index (χ3n) is 3.69. The summed E-state index contributed by atoms with van der Waals surface area (Å²) in [5.74, 6) is 0.178. The Kier molecular flexibility index (Phi) is 3.59. The number of benzene rings is 1. The fourth-order valence-corrected chi connectivity index (χ4v) is 2.27. The van der Waals surface area contributed by atoms with E-state index in [-0.39, 0.29) is 17.5 Å². The van der Waals surface area contributed by atoms with E-state index in [1.54, 1.807) is 6.07 Å². The Morgan fingerprint density at radius 3 is 2.61 bits per heavy atom. The molecule has 2 rings (SSSR count). The van der Waals surface area contributed by atoms with Crippen molar-refractivity contribution in [1.29, 1.82) is 0 Å². The van der Waals surface area contributed by atoms with Gasteiger partial charge in [-0.1, -0.05) is 19.9 Å². The minimum absolute atomic E-state index is 0.251. The Balaban J connectivity index is 1.94. The minimum Gasteiger partial charge on any atom is -0.494 e. The van der Waals surface area contributed by atoms with Crippen LogP contribution < -0.4 is 4.74 Å². The molecule has 1 aromatic carbocycles. The molecule has 0 radical (unpaired) electrons. The van der Waals surface area contributed by atoms with E-state index in [2.05, 4.69) is 4.90 Å². The van der Waals surface area contributed by atoms with Crippen LogP contribution in [0.25, 0.3) is 0 Å². The van der Waals surface area contributed by atoms with Gasteiger partial charge in [-0.3, -0.25) is 4.90 Å². The van der Waals surface area contributed by atoms with Crippen molar-refractivity contribution in [3.63, 3.8) is 0 Å². The number of aliphatic hydroxyl groups is 1. The van der Waals surface area contributed by atoms with E-state index in [9.17, 15) is 9.50 Å². The topological polar surface area (TPSA) is 32.7 Å². The van der Waals surface area contributed by atoms with Gasteiger partial charge in [-0.05, 0) is 23.6 Å². The van der Waals surface area contributed by atoms with Gasteiger partial charge < -0.3 is 9.84 Å². The molecule has 18 heavy (non-hydrogen) atoms. The Labute approximate surface area is 107 Å². The zero-order valence-electron chi connectivity index (χ0n) is 11.1. The van der Waals surface area contributed by atoms with Gasteiger partial charge in [0.05, 0.1) is 12.7 Å². The maximum absolute atomic E-state index is 13.5. The van der Waals surface area contributed by atoms with Crippen molar-refractivity contribution in [2.75, 3.05) is 20.2 Å². The van der Waals surface area contributed by atoms with Crippen molar-refractivity contribution >= 4 is 0 Å². The second-order valence-corrected chi connectivity index (χ2v) is 5.37. The molecule has 0 amide bonds. The fraction of sp³-hybridized carbons (Fsp3) is 0.571. The highest BCUT2D eigenvalue weighted by atomic mass is 19.1. The van der Waals surface area contributed by atoms with Crippen LogP contribution >= 0.6 is 0 Å². The summed E-state index contributed by atoms with van der Waals surface area (Å²) in [7, 11) is 1.45. The van der Waals surface area contributed by atoms with Crippen LogP contribution in [-0.2, 0) is 6.54 Å². The molecule has 0 aliphatic carbocycles. The number of hydrogen-bond donors (Lipinski definition) is 1. The molecule has 1 aromatic rings. The zero-order chi connectivity index (χ0) is 13.3. The van der Waals surface area contributed by atoms with Crippen LogP contribution in [0.1, 0.15) is 19.4 Å². The van der Waals surface area contributed by atoms with Gasteiger partial charge in [0.1, 0.15) is 0 Å². The summed E-state index contributed by atoms with van der Waals surface area (Å²) >= 11 is 0. The van der Waals surface area contributed by atoms with E-state index in [0.29, 0.717) is 19.6 Å². The maximum atomic E-state index is 13.5. The Morgan fingerprint density at radius 2 is 2.11 bits per heavy atom. The molecule has 0 bridgehead atoms. The lowest BCUT2D eigenvalue weighted by molar-refractivity contribution is -0.130. The summed E-state index contributed by atoms with van der Waals surface area (Å²) in [5.41, 5.74) is 0.324. The van der Waals surface area contributed by atoms with E-state index < -0.39 is 5.60 Å². The van der Waals surface area contributed by atoms with Crippen LogP contribution in [0.15, 0.2) is 18.2 Å². The smallest absolute Gasteiger partial charge is 0.165 e. The molecule has 0 spiro atoms. The molecular formula is C14H20FNO2. The number of rotatable bonds is 4. The molecule has 1 heterocycles. The number of nitrogens with zero attached hydrogens (tertiary/aromatic N) is 1. The summed E-state index contributed by atoms with van der Waals surface area (Å²) in [6, 6.07) is 4.99. The van der Waals surface area contributed by atoms with Gasteiger partial charge in [-0.15, -0.1) is 0 Å². The lowest BCUT2D eigenvalue weighted by Gasteiger charge is -2.49. The molecule has 0 aromatic heterocycles. The van der Waals surface area contributed by atoms with Gasteiger partial charge in [0.2, 0.25) is 0 Å². The SMILES string of the molecule is COc1ccc(CN2CC(O)(C(C)C)C2)cc1F. The molecule has 0 saturated carbocycles. The van der Waals surface area contributed by atoms with Gasteiger partial charge in [0.15, 0.2) is 11.6 Å². The average Bonchev–Trinajstić information content (AvgIpc) is 2.26. The molecule has 1 N–H and O–H groups in total. The molecule has 3 nitrogen and oxygen atoms in total. The molecule has 1 aliphatic rings. The first-order valence-corrected chi connectivity index (χ1v) is 6.22. The van der Waals surface area contributed by atoms with Crippen molar-refractivity contribution in [2.24, 2.45) is 5.92 Å². The van der Waals surface area contributed by atoms with Crippen molar-refractivity contribution < 1.29 is 14.2 Å². The van der Waals surface area contributed by atoms with Gasteiger partial charge >= 0.3 is 0 Å². The van der Waals surface area contributed by atoms with Crippen molar-refractivity contribution in [3.05, 3.63) is 29.6 Å². The molecule has 0 atom stereocenters. The number of β-amino-alcohol motifs (C(OH)–C–C–N with tert-alkyl or cyclic N) is 1. The van der Waals surface area contributed by atoms with Crippen molar-refractivity contribution in [3.8, 4) is 5.75 Å². The first-order valence-electron chi connectivity index (χ1n) is 6.22. The molecule has 0 unspecified atom stereocenters. The van der Waals surface area contributed by atoms with E-state index >= 15 is 0 Å². The summed E-state index contributed by atoms with van der Waals surface area (Å²) in [6.07, 6.45) is 0. The fourth-order valence-electron chi connectivity index (χ4n) is 2.27. The summed E-state index contributed by atoms with van der Waals surface area (Å²) in [4.78, 5) is 2.11. The van der Waals surface area contributed by atoms with Crippen LogP contribution in [0, 0.1) is 11.7 Å². The predicted octanol–water partition coefficient (Wildman–Crippen LogP) is 2.04. The van der Waals surface area contributed by atoms with Crippen LogP contribution in [0.3, 0.4) is 0 Å². The molecule has 100 valence electrons. The van der Waals surface area contributed by atoms with E-state index in [4.69, 9.17) is 4.74 Å². The number of hydrogen-bond acceptors (Lipinski definition) is 3. The third-order valence-corrected chi connectivity index (χ3v) is 3.69. The van der Waals surface area contributed by atoms with Gasteiger partial charge in [-0.2, -0.15) is 0 Å². The second-order valence-electron chi connectivity index (χ2n) is 5.37. The quantitative estimate of drug-likeness (QED) is 0.891. The largest absolute Gasteiger partial charge is 0.494 e. The van der Waals surface area contributed by atoms with Crippen molar-refractivity contribution in [2.45, 2.75) is 26.0 Å². The lowest BCUT2D eigenvalue weighted by Crippen LogP contribution is -2.63. The highest BCUT2D eigenvalue weighted by Gasteiger charge is 2.43. The number of likely N-dealkylation sites (tertiary alicyclic amines) is 1. The van der Waals surface area contributed by atoms with Gasteiger partial charge in [0, 0.05) is 19.6 Å². The van der Waals surface area contributed by atoms with E-state index in [1.807, 2.05) is 19.9 Å². The van der Waals surface area contributed by atoms with Crippen molar-refractivity contribution in [1.82, 2.24) is 4.90 Å². The first-order chi connectivity index (χ1) is 8.44. The second kappa shape index (κ2) is 4.86. The van der Waals surface area contributed by atoms with Crippen LogP contribution in [-0.4, -0.2) is 35.8 Å². The van der Waals surface area contributed by atoms with E-state index in [1.165, 1.54) is 13.2 Å². The highest BCUT2D eigenvalue weighted by molar-refractivity contribution is 5.29. The average molecular weight is 253 g/mol. The van der Waals surface area contributed by atoms with Gasteiger partial charge in [-0.25, -0.2) is 4.39 Å². The zero-order valence-corrected chi connectivity index (χ0v) is 11.1. The summed E-state index contributed by atoms with van der Waals surface area (Å²) in [5, 5.41) is 10.1. The first kappa shape index (κ1) is 13.3. The summed E-state index contributed by atoms with van der Waals surface area (Å²) < 4.78 is 18.4. The number of halogens is 1. The Morgan fingerprint density at radius 1 is 1.44 bits per heavy atom. The molecule has 1 saturated heterocycles. The monoisotopic (exact) mass is 253 g/mol. The number of ether oxygens (including phenoxy) is 1. The molecule has 1 aliphatic heterocycles. The maximum Gasteiger partial charge on any atom is 0.165 e. The molecule has 1 fully saturated rings.